The van der Waals surface area contributed by atoms with Gasteiger partial charge in [0.05, 0.1) is 14.2 Å². The molecular formula is C15H17NO5. The Bertz CT molecular complexity index is 614. The lowest BCUT2D eigenvalue weighted by Crippen LogP contribution is -2.62. The fourth-order valence-electron chi connectivity index (χ4n) is 3.18. The number of carbonyl (C=O) groups is 2. The summed E-state index contributed by atoms with van der Waals surface area (Å²) in [5.74, 6) is -0.881. The molecule has 1 aromatic carbocycles. The third-order valence-corrected chi connectivity index (χ3v) is 4.09. The first-order chi connectivity index (χ1) is 9.99. The van der Waals surface area contributed by atoms with Gasteiger partial charge in [-0.25, -0.2) is 0 Å². The van der Waals surface area contributed by atoms with Crippen LogP contribution in [-0.2, 0) is 14.3 Å². The molecule has 0 aliphatic carbocycles. The quantitative estimate of drug-likeness (QED) is 0.654. The number of hydrogen-bond donors (Lipinski definition) is 1. The van der Waals surface area contributed by atoms with Crippen LogP contribution in [0.25, 0.3) is 0 Å². The van der Waals surface area contributed by atoms with E-state index in [1.807, 2.05) is 12.1 Å². The van der Waals surface area contributed by atoms with Crippen molar-refractivity contribution in [3.05, 3.63) is 23.8 Å². The van der Waals surface area contributed by atoms with Crippen LogP contribution in [0.5, 0.6) is 11.5 Å². The highest BCUT2D eigenvalue weighted by molar-refractivity contribution is 6.00. The molecule has 0 spiro atoms. The normalized spacial score (nSPS) is 29.8. The number of fused-ring (bicyclic) bond motifs is 4. The fraction of sp³-hybridized carbons (Fsp3) is 0.467. The molecular weight excluding hydrogens is 274 g/mol. The van der Waals surface area contributed by atoms with Crippen molar-refractivity contribution in [2.75, 3.05) is 14.2 Å². The van der Waals surface area contributed by atoms with Gasteiger partial charge in [0, 0.05) is 17.9 Å². The van der Waals surface area contributed by atoms with Crippen LogP contribution in [0.15, 0.2) is 18.2 Å². The van der Waals surface area contributed by atoms with Gasteiger partial charge < -0.3 is 19.5 Å². The largest absolute Gasteiger partial charge is 0.493 e. The van der Waals surface area contributed by atoms with E-state index in [1.54, 1.807) is 20.1 Å². The van der Waals surface area contributed by atoms with Crippen molar-refractivity contribution in [1.82, 2.24) is 5.32 Å². The lowest BCUT2D eigenvalue weighted by molar-refractivity contribution is -0.158. The Balaban J connectivity index is 2.14. The molecule has 0 aromatic heterocycles. The maximum Gasteiger partial charge on any atom is 0.318 e. The molecule has 21 heavy (non-hydrogen) atoms. The first-order valence-corrected chi connectivity index (χ1v) is 6.75. The summed E-state index contributed by atoms with van der Waals surface area (Å²) >= 11 is 0. The standard InChI is InChI=1S/C15H17NO5/c1-15-7-9(11(13(17)16-15)14(18)20-3)8-5-4-6-10(19-2)12(8)21-15/h4-6,9,11H,7H2,1-3H3,(H,16,17)/t9-,11-,15-/m1/s1. The van der Waals surface area contributed by atoms with Crippen LogP contribution in [0, 0.1) is 5.92 Å². The van der Waals surface area contributed by atoms with E-state index >= 15 is 0 Å². The Morgan fingerprint density at radius 3 is 2.86 bits per heavy atom. The number of ether oxygens (including phenoxy) is 3. The topological polar surface area (TPSA) is 73.9 Å². The Kier molecular flexibility index (Phi) is 3.04. The summed E-state index contributed by atoms with van der Waals surface area (Å²) < 4.78 is 16.0. The second kappa shape index (κ2) is 4.65. The van der Waals surface area contributed by atoms with Crippen molar-refractivity contribution in [2.24, 2.45) is 5.92 Å². The van der Waals surface area contributed by atoms with Crippen LogP contribution in [-0.4, -0.2) is 31.8 Å². The van der Waals surface area contributed by atoms with Crippen LogP contribution < -0.4 is 14.8 Å². The third kappa shape index (κ3) is 2.02. The van der Waals surface area contributed by atoms with E-state index in [1.165, 1.54) is 7.11 Å². The molecule has 1 aromatic rings. The molecule has 0 saturated carbocycles. The fourth-order valence-corrected chi connectivity index (χ4v) is 3.18. The predicted octanol–water partition coefficient (Wildman–Crippen LogP) is 1.20. The van der Waals surface area contributed by atoms with Crippen LogP contribution in [0.4, 0.5) is 0 Å². The van der Waals surface area contributed by atoms with Crippen molar-refractivity contribution in [3.63, 3.8) is 0 Å². The number of methoxy groups -OCH3 is 2. The Labute approximate surface area is 122 Å². The Hall–Kier alpha value is -2.24. The lowest BCUT2D eigenvalue weighted by atomic mass is 9.74. The molecule has 2 bridgehead atoms. The molecule has 1 N–H and O–H groups in total. The molecule has 112 valence electrons. The molecule has 3 atom stereocenters. The van der Waals surface area contributed by atoms with Crippen molar-refractivity contribution in [3.8, 4) is 11.5 Å². The van der Waals surface area contributed by atoms with Gasteiger partial charge in [-0.2, -0.15) is 0 Å². The summed E-state index contributed by atoms with van der Waals surface area (Å²) in [6.07, 6.45) is 0.513. The number of nitrogens with one attached hydrogen (secondary N) is 1. The number of amides is 1. The van der Waals surface area contributed by atoms with Gasteiger partial charge in [0.25, 0.3) is 0 Å². The van der Waals surface area contributed by atoms with E-state index in [0.29, 0.717) is 17.9 Å². The highest BCUT2D eigenvalue weighted by Gasteiger charge is 2.52. The van der Waals surface area contributed by atoms with Crippen molar-refractivity contribution in [2.45, 2.75) is 25.0 Å². The van der Waals surface area contributed by atoms with Gasteiger partial charge in [-0.15, -0.1) is 0 Å². The zero-order valence-electron chi connectivity index (χ0n) is 12.1. The second-order valence-electron chi connectivity index (χ2n) is 5.51. The van der Waals surface area contributed by atoms with E-state index < -0.39 is 17.6 Å². The van der Waals surface area contributed by atoms with E-state index in [4.69, 9.17) is 14.2 Å². The maximum absolute atomic E-state index is 12.3. The third-order valence-electron chi connectivity index (χ3n) is 4.09. The number of esters is 1. The van der Waals surface area contributed by atoms with Gasteiger partial charge in [0.1, 0.15) is 5.92 Å². The molecule has 3 rings (SSSR count). The minimum atomic E-state index is -0.863. The molecule has 1 amide bonds. The summed E-state index contributed by atoms with van der Waals surface area (Å²) in [6, 6.07) is 5.47. The summed E-state index contributed by atoms with van der Waals surface area (Å²) in [5.41, 5.74) is -0.0365. The van der Waals surface area contributed by atoms with E-state index in [9.17, 15) is 9.59 Å². The van der Waals surface area contributed by atoms with E-state index in [0.717, 1.165) is 5.56 Å². The predicted molar refractivity (Wildman–Crippen MR) is 73.0 cm³/mol. The number of para-hydroxylation sites is 1. The summed E-state index contributed by atoms with van der Waals surface area (Å²) in [6.45, 7) is 1.79. The summed E-state index contributed by atoms with van der Waals surface area (Å²) in [4.78, 5) is 24.2. The Morgan fingerprint density at radius 1 is 1.43 bits per heavy atom. The number of hydrogen-bond acceptors (Lipinski definition) is 5. The molecule has 2 aliphatic heterocycles. The molecule has 0 unspecified atom stereocenters. The summed E-state index contributed by atoms with van der Waals surface area (Å²) in [5, 5.41) is 2.76. The van der Waals surface area contributed by atoms with Crippen molar-refractivity contribution >= 4 is 11.9 Å². The smallest absolute Gasteiger partial charge is 0.318 e. The van der Waals surface area contributed by atoms with Crippen molar-refractivity contribution < 1.29 is 23.8 Å². The molecule has 0 radical (unpaired) electrons. The van der Waals surface area contributed by atoms with Crippen LogP contribution in [0.2, 0.25) is 0 Å². The number of carbonyl (C=O) groups excluding carboxylic acids is 2. The van der Waals surface area contributed by atoms with E-state index in [2.05, 4.69) is 5.32 Å². The number of piperidine rings is 1. The first-order valence-electron chi connectivity index (χ1n) is 6.75. The van der Waals surface area contributed by atoms with Crippen LogP contribution in [0.1, 0.15) is 24.8 Å². The highest BCUT2D eigenvalue weighted by atomic mass is 16.5. The second-order valence-corrected chi connectivity index (χ2v) is 5.51. The summed E-state index contributed by atoms with van der Waals surface area (Å²) in [7, 11) is 2.84. The van der Waals surface area contributed by atoms with Gasteiger partial charge in [-0.1, -0.05) is 12.1 Å². The molecule has 1 saturated heterocycles. The van der Waals surface area contributed by atoms with Crippen molar-refractivity contribution in [1.29, 1.82) is 0 Å². The minimum absolute atomic E-state index is 0.282. The Morgan fingerprint density at radius 2 is 2.19 bits per heavy atom. The van der Waals surface area contributed by atoms with Gasteiger partial charge >= 0.3 is 5.97 Å². The van der Waals surface area contributed by atoms with E-state index in [-0.39, 0.29) is 11.8 Å². The average molecular weight is 291 g/mol. The van der Waals surface area contributed by atoms with Gasteiger partial charge in [-0.05, 0) is 13.0 Å². The highest BCUT2D eigenvalue weighted by Crippen LogP contribution is 2.50. The molecule has 1 fully saturated rings. The molecule has 6 nitrogen and oxygen atoms in total. The maximum atomic E-state index is 12.3. The van der Waals surface area contributed by atoms with Crippen LogP contribution in [0.3, 0.4) is 0 Å². The molecule has 2 aliphatic rings. The monoisotopic (exact) mass is 291 g/mol. The van der Waals surface area contributed by atoms with Gasteiger partial charge in [-0.3, -0.25) is 9.59 Å². The zero-order chi connectivity index (χ0) is 15.2. The lowest BCUT2D eigenvalue weighted by Gasteiger charge is -2.46. The van der Waals surface area contributed by atoms with Gasteiger partial charge in [0.2, 0.25) is 5.91 Å². The number of benzene rings is 1. The first kappa shape index (κ1) is 13.7. The zero-order valence-corrected chi connectivity index (χ0v) is 12.1. The molecule has 6 heteroatoms. The SMILES string of the molecule is COC(=O)[C@H]1C(=O)N[C@@]2(C)C[C@@H]1c1cccc(OC)c1O2. The van der Waals surface area contributed by atoms with Crippen LogP contribution >= 0.6 is 0 Å². The minimum Gasteiger partial charge on any atom is -0.493 e. The average Bonchev–Trinajstić information content (AvgIpc) is 2.45. The number of rotatable bonds is 2. The van der Waals surface area contributed by atoms with Gasteiger partial charge in [0.15, 0.2) is 17.2 Å². The molecule has 2 heterocycles.